The van der Waals surface area contributed by atoms with Gasteiger partial charge in [0.1, 0.15) is 0 Å². The van der Waals surface area contributed by atoms with E-state index in [-0.39, 0.29) is 0 Å². The van der Waals surface area contributed by atoms with E-state index in [1.165, 1.54) is 10.9 Å². The normalized spacial score (nSPS) is 10.9. The summed E-state index contributed by atoms with van der Waals surface area (Å²) in [5.41, 5.74) is 0. The number of benzene rings is 6. The van der Waals surface area contributed by atoms with Gasteiger partial charge in [-0.25, -0.2) is 0 Å². The van der Waals surface area contributed by atoms with Crippen LogP contribution in [-0.2, 0) is 18.4 Å². The second-order valence-electron chi connectivity index (χ2n) is 9.28. The summed E-state index contributed by atoms with van der Waals surface area (Å²) in [5, 5.41) is 0. The van der Waals surface area contributed by atoms with E-state index < -0.39 is 27.0 Å². The fraction of sp³-hybridized carbons (Fsp3) is 0. The molecule has 0 aliphatic rings. The summed E-state index contributed by atoms with van der Waals surface area (Å²) in [6, 6.07) is 58.9. The standard InChI is InChI=1S/2C18H15AsO.2BrH.Ni/c2*20-19(16-10-4-1-5-11-16,17-12-6-2-7-13-17)18-14-8-3-9-15-18;;;/h2*1-15H;2*1H;/q;;;;+2/p-2. The van der Waals surface area contributed by atoms with Gasteiger partial charge in [0.15, 0.2) is 0 Å². The van der Waals surface area contributed by atoms with E-state index in [0.717, 1.165) is 26.1 Å². The van der Waals surface area contributed by atoms with Gasteiger partial charge in [-0.3, -0.25) is 0 Å². The number of hydrogen-bond acceptors (Lipinski definition) is 2. The summed E-state index contributed by atoms with van der Waals surface area (Å²) in [7, 11) is 1.25. The molecule has 0 heterocycles. The molecule has 0 aliphatic carbocycles. The first kappa shape index (κ1) is 33.4. The summed E-state index contributed by atoms with van der Waals surface area (Å²) >= 11 is -1.09. The third kappa shape index (κ3) is 8.36. The molecule has 0 saturated heterocycles. The monoisotopic (exact) mass is 860 g/mol. The van der Waals surface area contributed by atoms with Crippen LogP contribution in [0.2, 0.25) is 0 Å². The Morgan fingerprint density at radius 3 is 0.535 bits per heavy atom. The van der Waals surface area contributed by atoms with Crippen molar-refractivity contribution in [2.45, 2.75) is 0 Å². The van der Waals surface area contributed by atoms with Crippen molar-refractivity contribution in [1.29, 1.82) is 0 Å². The van der Waals surface area contributed by atoms with Crippen molar-refractivity contribution in [2.24, 2.45) is 0 Å². The van der Waals surface area contributed by atoms with Crippen molar-refractivity contribution in [3.8, 4) is 0 Å². The fourth-order valence-corrected chi connectivity index (χ4v) is 15.9. The first-order valence-corrected chi connectivity index (χ1v) is 25.5. The molecule has 6 aromatic rings. The van der Waals surface area contributed by atoms with Crippen LogP contribution in [0.15, 0.2) is 182 Å². The Bertz CT molecular complexity index is 1400. The average Bonchev–Trinajstić information content (AvgIpc) is 3.10. The van der Waals surface area contributed by atoms with E-state index in [9.17, 15) is 7.48 Å². The maximum atomic E-state index is 13.9. The zero-order chi connectivity index (χ0) is 30.4. The summed E-state index contributed by atoms with van der Waals surface area (Å²) in [5.74, 6) is 0. The van der Waals surface area contributed by atoms with E-state index >= 15 is 0 Å². The van der Waals surface area contributed by atoms with Gasteiger partial charge >= 0.3 is 282 Å². The quantitative estimate of drug-likeness (QED) is 0.197. The molecular formula is C36H30As2Br2NiO2. The van der Waals surface area contributed by atoms with Crippen LogP contribution in [-0.4, -0.2) is 27.0 Å². The van der Waals surface area contributed by atoms with E-state index in [1.54, 1.807) is 0 Å². The Kier molecular flexibility index (Phi) is 13.3. The first-order chi connectivity index (χ1) is 21.0. The van der Waals surface area contributed by atoms with Crippen LogP contribution >= 0.6 is 28.5 Å². The number of rotatable bonds is 6. The second-order valence-corrected chi connectivity index (χ2v) is 25.9. The van der Waals surface area contributed by atoms with Gasteiger partial charge in [0, 0.05) is 0 Å². The second kappa shape index (κ2) is 17.1. The summed E-state index contributed by atoms with van der Waals surface area (Å²) in [6.07, 6.45) is 0. The van der Waals surface area contributed by atoms with Gasteiger partial charge in [-0.2, -0.15) is 0 Å². The third-order valence-electron chi connectivity index (χ3n) is 6.72. The van der Waals surface area contributed by atoms with Crippen molar-refractivity contribution in [2.75, 3.05) is 0 Å². The zero-order valence-corrected chi connectivity index (χ0v) is 31.0. The van der Waals surface area contributed by atoms with E-state index in [2.05, 4.69) is 28.5 Å². The molecule has 0 aliphatic heterocycles. The Labute approximate surface area is 279 Å². The molecule has 0 spiro atoms. The topological polar surface area (TPSA) is 34.1 Å². The van der Waals surface area contributed by atoms with Crippen LogP contribution in [0.3, 0.4) is 0 Å². The average molecular weight is 863 g/mol. The Hall–Kier alpha value is -2.51. The molecule has 6 rings (SSSR count). The van der Waals surface area contributed by atoms with Crippen LogP contribution in [0.1, 0.15) is 0 Å². The van der Waals surface area contributed by atoms with Crippen molar-refractivity contribution in [3.63, 3.8) is 0 Å². The van der Waals surface area contributed by atoms with Crippen molar-refractivity contribution in [3.05, 3.63) is 182 Å². The van der Waals surface area contributed by atoms with Crippen LogP contribution in [0.5, 0.6) is 0 Å². The van der Waals surface area contributed by atoms with Crippen molar-refractivity contribution in [1.82, 2.24) is 0 Å². The van der Waals surface area contributed by atoms with Crippen molar-refractivity contribution >= 4 is 81.5 Å². The molecule has 0 saturated carbocycles. The first-order valence-electron chi connectivity index (χ1n) is 13.4. The van der Waals surface area contributed by atoms with Crippen LogP contribution < -0.4 is 26.1 Å². The molecule has 0 unspecified atom stereocenters. The molecule has 6 aromatic carbocycles. The van der Waals surface area contributed by atoms with Crippen molar-refractivity contribution < 1.29 is 18.4 Å². The zero-order valence-electron chi connectivity index (χ0n) is 23.1. The molecule has 2 nitrogen and oxygen atoms in total. The van der Waals surface area contributed by atoms with Crippen LogP contribution in [0, 0.1) is 0 Å². The molecule has 7 heteroatoms. The van der Waals surface area contributed by atoms with Gasteiger partial charge in [0.25, 0.3) is 0 Å². The molecule has 0 fully saturated rings. The Morgan fingerprint density at radius 1 is 0.302 bits per heavy atom. The molecule has 0 amide bonds. The molecule has 0 radical (unpaired) electrons. The molecule has 220 valence electrons. The van der Waals surface area contributed by atoms with Gasteiger partial charge in [-0.15, -0.1) is 0 Å². The summed E-state index contributed by atoms with van der Waals surface area (Å²) < 4.78 is 33.4. The molecule has 0 aromatic heterocycles. The molecule has 0 bridgehead atoms. The SMILES string of the molecule is O=[As](c1ccccc1)(c1ccccc1)c1ccccc1.O=[As](c1ccccc1)(c1ccccc1)c1ccccc1.[Br][Ni][Br]. The third-order valence-corrected chi connectivity index (χ3v) is 19.6. The summed E-state index contributed by atoms with van der Waals surface area (Å²) in [6.45, 7) is 0. The van der Waals surface area contributed by atoms with E-state index in [0.29, 0.717) is 0 Å². The molecule has 0 atom stereocenters. The predicted molar refractivity (Wildman–Crippen MR) is 187 cm³/mol. The minimum absolute atomic E-state index is 0.933. The Balaban J connectivity index is 0.000000181. The predicted octanol–water partition coefficient (Wildman–Crippen LogP) is 5.86. The Morgan fingerprint density at radius 2 is 0.419 bits per heavy atom. The number of hydrogen-bond donors (Lipinski definition) is 0. The van der Waals surface area contributed by atoms with Crippen LogP contribution in [0.4, 0.5) is 0 Å². The number of halogens is 2. The minimum atomic E-state index is -3.54. The molecule has 43 heavy (non-hydrogen) atoms. The maximum absolute atomic E-state index is 13.9. The molecular weight excluding hydrogens is 833 g/mol. The van der Waals surface area contributed by atoms with Gasteiger partial charge in [0.05, 0.1) is 0 Å². The van der Waals surface area contributed by atoms with E-state index in [1.807, 2.05) is 182 Å². The van der Waals surface area contributed by atoms with E-state index in [4.69, 9.17) is 0 Å². The van der Waals surface area contributed by atoms with Crippen LogP contribution in [0.25, 0.3) is 0 Å². The van der Waals surface area contributed by atoms with Gasteiger partial charge in [0.2, 0.25) is 0 Å². The van der Waals surface area contributed by atoms with Gasteiger partial charge in [-0.1, -0.05) is 0 Å². The fourth-order valence-electron chi connectivity index (χ4n) is 4.72. The van der Waals surface area contributed by atoms with Gasteiger partial charge in [-0.05, 0) is 0 Å². The molecule has 0 N–H and O–H groups in total. The summed E-state index contributed by atoms with van der Waals surface area (Å²) in [4.78, 5) is 0. The van der Waals surface area contributed by atoms with Gasteiger partial charge < -0.3 is 0 Å².